The molecule has 3 atom stereocenters. The van der Waals surface area contributed by atoms with Crippen LogP contribution in [0.2, 0.25) is 0 Å². The topological polar surface area (TPSA) is 72.9 Å². The van der Waals surface area contributed by atoms with Crippen molar-refractivity contribution in [1.29, 1.82) is 0 Å². The third-order valence-corrected chi connectivity index (χ3v) is 4.47. The van der Waals surface area contributed by atoms with Crippen molar-refractivity contribution in [2.24, 2.45) is 5.41 Å². The number of carbonyl (C=O) groups excluding carboxylic acids is 3. The Labute approximate surface area is 131 Å². The fourth-order valence-corrected chi connectivity index (χ4v) is 3.38. The van der Waals surface area contributed by atoms with Crippen LogP contribution in [0.1, 0.15) is 53.9 Å². The average Bonchev–Trinajstić information content (AvgIpc) is 2.74. The number of hydrogen-bond acceptors (Lipinski definition) is 5. The number of ketones is 1. The van der Waals surface area contributed by atoms with Crippen LogP contribution in [0.4, 0.5) is 4.79 Å². The molecular formula is C16H25NO5. The number of esters is 1. The Morgan fingerprint density at radius 1 is 1.32 bits per heavy atom. The summed E-state index contributed by atoms with van der Waals surface area (Å²) < 4.78 is 10.5. The average molecular weight is 311 g/mol. The lowest BCUT2D eigenvalue weighted by molar-refractivity contribution is -0.166. The summed E-state index contributed by atoms with van der Waals surface area (Å²) in [5.74, 6) is -0.683. The predicted octanol–water partition coefficient (Wildman–Crippen LogP) is 2.30. The molecule has 0 radical (unpaired) electrons. The van der Waals surface area contributed by atoms with Crippen molar-refractivity contribution in [3.8, 4) is 0 Å². The van der Waals surface area contributed by atoms with Crippen molar-refractivity contribution in [1.82, 2.24) is 4.90 Å². The quantitative estimate of drug-likeness (QED) is 0.578. The normalized spacial score (nSPS) is 31.1. The Bertz CT molecular complexity index is 495. The highest BCUT2D eigenvalue weighted by atomic mass is 16.6. The minimum absolute atomic E-state index is 0.141. The number of piperidine rings is 1. The van der Waals surface area contributed by atoms with Crippen LogP contribution in [0.5, 0.6) is 0 Å². The third kappa shape index (κ3) is 2.71. The van der Waals surface area contributed by atoms with Gasteiger partial charge in [0.15, 0.2) is 5.78 Å². The van der Waals surface area contributed by atoms with E-state index < -0.39 is 29.1 Å². The summed E-state index contributed by atoms with van der Waals surface area (Å²) in [7, 11) is 0. The van der Waals surface area contributed by atoms with E-state index in [4.69, 9.17) is 9.47 Å². The molecule has 3 unspecified atom stereocenters. The number of amides is 1. The number of nitrogens with zero attached hydrogens (tertiary/aromatic N) is 1. The molecule has 0 aromatic rings. The summed E-state index contributed by atoms with van der Waals surface area (Å²) in [6.45, 7) is 8.91. The second-order valence-corrected chi connectivity index (χ2v) is 7.18. The molecule has 6 nitrogen and oxygen atoms in total. The number of ether oxygens (including phenoxy) is 2. The number of carbonyl (C=O) groups is 3. The van der Waals surface area contributed by atoms with Gasteiger partial charge in [-0.1, -0.05) is 0 Å². The molecule has 0 spiro atoms. The van der Waals surface area contributed by atoms with Crippen LogP contribution in [0.25, 0.3) is 0 Å². The molecule has 0 aromatic carbocycles. The predicted molar refractivity (Wildman–Crippen MR) is 79.2 cm³/mol. The van der Waals surface area contributed by atoms with Crippen LogP contribution in [0, 0.1) is 5.41 Å². The van der Waals surface area contributed by atoms with Gasteiger partial charge in [0.1, 0.15) is 11.0 Å². The molecule has 2 saturated heterocycles. The van der Waals surface area contributed by atoms with Crippen molar-refractivity contribution < 1.29 is 23.9 Å². The SMILES string of the molecule is CCOC(=O)C1(C)C(=O)CC2CCC1N2C(=O)OC(C)(C)C. The van der Waals surface area contributed by atoms with Gasteiger partial charge in [0.2, 0.25) is 0 Å². The molecule has 124 valence electrons. The molecule has 0 N–H and O–H groups in total. The zero-order chi connectivity index (χ0) is 16.7. The first-order chi connectivity index (χ1) is 10.1. The van der Waals surface area contributed by atoms with Crippen LogP contribution in [0.3, 0.4) is 0 Å². The third-order valence-electron chi connectivity index (χ3n) is 4.47. The van der Waals surface area contributed by atoms with E-state index >= 15 is 0 Å². The monoisotopic (exact) mass is 311 g/mol. The molecule has 2 rings (SSSR count). The van der Waals surface area contributed by atoms with Crippen molar-refractivity contribution in [3.05, 3.63) is 0 Å². The van der Waals surface area contributed by atoms with Crippen LogP contribution in [0.15, 0.2) is 0 Å². The minimum atomic E-state index is -1.29. The van der Waals surface area contributed by atoms with Crippen molar-refractivity contribution >= 4 is 17.8 Å². The lowest BCUT2D eigenvalue weighted by Gasteiger charge is -2.43. The lowest BCUT2D eigenvalue weighted by atomic mass is 9.74. The number of hydrogen-bond donors (Lipinski definition) is 0. The molecule has 2 fully saturated rings. The second-order valence-electron chi connectivity index (χ2n) is 7.18. The Morgan fingerprint density at radius 3 is 2.50 bits per heavy atom. The first-order valence-electron chi connectivity index (χ1n) is 7.83. The van der Waals surface area contributed by atoms with E-state index in [0.717, 1.165) is 0 Å². The zero-order valence-corrected chi connectivity index (χ0v) is 14.0. The fourth-order valence-electron chi connectivity index (χ4n) is 3.38. The molecule has 2 heterocycles. The van der Waals surface area contributed by atoms with Gasteiger partial charge in [0.05, 0.1) is 12.6 Å². The highest BCUT2D eigenvalue weighted by molar-refractivity contribution is 6.06. The van der Waals surface area contributed by atoms with Crippen molar-refractivity contribution in [3.63, 3.8) is 0 Å². The Balaban J connectivity index is 2.30. The van der Waals surface area contributed by atoms with E-state index in [1.54, 1.807) is 39.5 Å². The van der Waals surface area contributed by atoms with Gasteiger partial charge in [0.25, 0.3) is 0 Å². The van der Waals surface area contributed by atoms with Gasteiger partial charge in [0, 0.05) is 12.5 Å². The lowest BCUT2D eigenvalue weighted by Crippen LogP contribution is -2.61. The summed E-state index contributed by atoms with van der Waals surface area (Å²) in [6, 6.07) is -0.650. The van der Waals surface area contributed by atoms with Gasteiger partial charge in [-0.3, -0.25) is 9.59 Å². The highest BCUT2D eigenvalue weighted by Gasteiger charge is 2.60. The van der Waals surface area contributed by atoms with E-state index in [1.807, 2.05) is 0 Å². The summed E-state index contributed by atoms with van der Waals surface area (Å²) in [6.07, 6.45) is 1.06. The van der Waals surface area contributed by atoms with Crippen molar-refractivity contribution in [2.45, 2.75) is 71.6 Å². The smallest absolute Gasteiger partial charge is 0.410 e. The molecule has 22 heavy (non-hydrogen) atoms. The zero-order valence-electron chi connectivity index (χ0n) is 14.0. The summed E-state index contributed by atoms with van der Waals surface area (Å²) in [5, 5.41) is 0. The molecular weight excluding hydrogens is 286 g/mol. The number of Topliss-reactive ketones (excluding diaryl/α,β-unsaturated/α-hetero) is 1. The minimum Gasteiger partial charge on any atom is -0.465 e. The maximum absolute atomic E-state index is 12.5. The summed E-state index contributed by atoms with van der Waals surface area (Å²) in [4.78, 5) is 38.9. The second kappa shape index (κ2) is 5.56. The van der Waals surface area contributed by atoms with E-state index in [0.29, 0.717) is 12.8 Å². The van der Waals surface area contributed by atoms with Crippen LogP contribution in [-0.2, 0) is 19.1 Å². The van der Waals surface area contributed by atoms with Crippen LogP contribution < -0.4 is 0 Å². The molecule has 0 saturated carbocycles. The molecule has 6 heteroatoms. The van der Waals surface area contributed by atoms with E-state index in [-0.39, 0.29) is 24.9 Å². The van der Waals surface area contributed by atoms with E-state index in [2.05, 4.69) is 0 Å². The Kier molecular flexibility index (Phi) is 4.24. The van der Waals surface area contributed by atoms with Gasteiger partial charge in [-0.15, -0.1) is 0 Å². The van der Waals surface area contributed by atoms with Crippen LogP contribution >= 0.6 is 0 Å². The largest absolute Gasteiger partial charge is 0.465 e. The van der Waals surface area contributed by atoms with E-state index in [1.165, 1.54) is 0 Å². The van der Waals surface area contributed by atoms with Gasteiger partial charge in [-0.25, -0.2) is 4.79 Å². The number of fused-ring (bicyclic) bond motifs is 2. The Hall–Kier alpha value is -1.59. The number of rotatable bonds is 2. The Morgan fingerprint density at radius 2 is 1.95 bits per heavy atom. The molecule has 2 bridgehead atoms. The standard InChI is InChI=1S/C16H25NO5/c1-6-21-13(19)16(5)11-8-7-10(9-12(16)18)17(11)14(20)22-15(2,3)4/h10-11H,6-9H2,1-5H3. The van der Waals surface area contributed by atoms with Gasteiger partial charge in [-0.05, 0) is 47.5 Å². The summed E-state index contributed by atoms with van der Waals surface area (Å²) in [5.41, 5.74) is -1.90. The van der Waals surface area contributed by atoms with Crippen LogP contribution in [-0.4, -0.2) is 47.0 Å². The van der Waals surface area contributed by atoms with Gasteiger partial charge < -0.3 is 14.4 Å². The molecule has 0 aliphatic carbocycles. The van der Waals surface area contributed by atoms with E-state index in [9.17, 15) is 14.4 Å². The molecule has 2 aliphatic rings. The van der Waals surface area contributed by atoms with Gasteiger partial charge in [-0.2, -0.15) is 0 Å². The highest BCUT2D eigenvalue weighted by Crippen LogP contribution is 2.45. The van der Waals surface area contributed by atoms with Crippen molar-refractivity contribution in [2.75, 3.05) is 6.61 Å². The molecule has 0 aromatic heterocycles. The first kappa shape index (κ1) is 16.8. The molecule has 2 aliphatic heterocycles. The maximum Gasteiger partial charge on any atom is 0.410 e. The maximum atomic E-state index is 12.5. The fraction of sp³-hybridized carbons (Fsp3) is 0.812. The summed E-state index contributed by atoms with van der Waals surface area (Å²) >= 11 is 0. The molecule has 1 amide bonds. The van der Waals surface area contributed by atoms with Gasteiger partial charge >= 0.3 is 12.1 Å². The first-order valence-corrected chi connectivity index (χ1v) is 7.83.